The zero-order valence-corrected chi connectivity index (χ0v) is 20.8. The average Bonchev–Trinajstić information content (AvgIpc) is 3.35. The van der Waals surface area contributed by atoms with Gasteiger partial charge in [-0.05, 0) is 42.7 Å². The van der Waals surface area contributed by atoms with E-state index in [-0.39, 0.29) is 5.41 Å². The molecule has 1 aliphatic heterocycles. The summed E-state index contributed by atoms with van der Waals surface area (Å²) in [5.74, 6) is 2.71. The largest absolute Gasteiger partial charge is 0.497 e. The van der Waals surface area contributed by atoms with Gasteiger partial charge in [-0.2, -0.15) is 18.2 Å². The van der Waals surface area contributed by atoms with Gasteiger partial charge in [0.25, 0.3) is 0 Å². The molecule has 3 heterocycles. The van der Waals surface area contributed by atoms with E-state index in [0.717, 1.165) is 87.9 Å². The van der Waals surface area contributed by atoms with Crippen LogP contribution in [0.1, 0.15) is 42.1 Å². The summed E-state index contributed by atoms with van der Waals surface area (Å²) in [5.41, 5.74) is 0.222. The SMILES string of the molecule is COc1cccc(C2(c3noc(CNCCN4CCN(c5ccc(C(F)(F)F)cn5)CC4)n3)CCC2)c1. The van der Waals surface area contributed by atoms with Gasteiger partial charge in [0.15, 0.2) is 5.82 Å². The average molecular weight is 517 g/mol. The van der Waals surface area contributed by atoms with Gasteiger partial charge < -0.3 is 19.5 Å². The topological polar surface area (TPSA) is 79.6 Å². The first-order valence-electron chi connectivity index (χ1n) is 12.6. The predicted octanol–water partition coefficient (Wildman–Crippen LogP) is 3.87. The van der Waals surface area contributed by atoms with E-state index in [1.54, 1.807) is 7.11 Å². The number of alkyl halides is 3. The second kappa shape index (κ2) is 10.7. The van der Waals surface area contributed by atoms with Crippen LogP contribution in [-0.4, -0.2) is 66.4 Å². The quantitative estimate of drug-likeness (QED) is 0.430. The van der Waals surface area contributed by atoms with Crippen molar-refractivity contribution >= 4 is 5.82 Å². The molecule has 0 atom stereocenters. The van der Waals surface area contributed by atoms with Crippen LogP contribution in [0.4, 0.5) is 19.0 Å². The van der Waals surface area contributed by atoms with Gasteiger partial charge in [-0.25, -0.2) is 4.98 Å². The molecule has 1 aromatic carbocycles. The molecule has 1 N–H and O–H groups in total. The second-order valence-corrected chi connectivity index (χ2v) is 9.59. The maximum absolute atomic E-state index is 12.8. The number of anilines is 1. The van der Waals surface area contributed by atoms with Crippen molar-refractivity contribution in [3.63, 3.8) is 0 Å². The molecule has 1 saturated carbocycles. The van der Waals surface area contributed by atoms with Crippen molar-refractivity contribution in [2.45, 2.75) is 37.4 Å². The van der Waals surface area contributed by atoms with Gasteiger partial charge in [0.05, 0.1) is 24.6 Å². The molecular weight excluding hydrogens is 485 g/mol. The van der Waals surface area contributed by atoms with E-state index in [1.165, 1.54) is 6.07 Å². The molecule has 0 amide bonds. The summed E-state index contributed by atoms with van der Waals surface area (Å²) in [6.07, 6.45) is -0.366. The van der Waals surface area contributed by atoms with E-state index in [4.69, 9.17) is 14.2 Å². The summed E-state index contributed by atoms with van der Waals surface area (Å²) in [6.45, 7) is 5.18. The van der Waals surface area contributed by atoms with E-state index in [1.807, 2.05) is 17.0 Å². The molecule has 37 heavy (non-hydrogen) atoms. The third kappa shape index (κ3) is 5.57. The number of nitrogens with one attached hydrogen (secondary N) is 1. The van der Waals surface area contributed by atoms with Crippen molar-refractivity contribution < 1.29 is 22.4 Å². The monoisotopic (exact) mass is 516 g/mol. The summed E-state index contributed by atoms with van der Waals surface area (Å²) >= 11 is 0. The molecule has 1 saturated heterocycles. The second-order valence-electron chi connectivity index (χ2n) is 9.59. The number of hydrogen-bond donors (Lipinski definition) is 1. The van der Waals surface area contributed by atoms with E-state index in [0.29, 0.717) is 18.3 Å². The molecule has 5 rings (SSSR count). The molecule has 0 radical (unpaired) electrons. The molecule has 2 aromatic heterocycles. The number of hydrogen-bond acceptors (Lipinski definition) is 8. The molecule has 0 unspecified atom stereocenters. The first-order valence-corrected chi connectivity index (χ1v) is 12.6. The fourth-order valence-electron chi connectivity index (χ4n) is 4.99. The number of halogens is 3. The Morgan fingerprint density at radius 2 is 1.92 bits per heavy atom. The Hall–Kier alpha value is -3.18. The van der Waals surface area contributed by atoms with E-state index in [9.17, 15) is 13.2 Å². The zero-order chi connectivity index (χ0) is 25.9. The Morgan fingerprint density at radius 1 is 1.11 bits per heavy atom. The van der Waals surface area contributed by atoms with Crippen LogP contribution in [0, 0.1) is 0 Å². The van der Waals surface area contributed by atoms with Crippen molar-refractivity contribution in [2.75, 3.05) is 51.3 Å². The highest BCUT2D eigenvalue weighted by molar-refractivity contribution is 5.41. The molecule has 0 bridgehead atoms. The molecule has 3 aromatic rings. The number of rotatable bonds is 9. The highest BCUT2D eigenvalue weighted by Crippen LogP contribution is 2.48. The molecule has 2 fully saturated rings. The lowest BCUT2D eigenvalue weighted by molar-refractivity contribution is -0.137. The lowest BCUT2D eigenvalue weighted by Crippen LogP contribution is -2.48. The number of methoxy groups -OCH3 is 1. The van der Waals surface area contributed by atoms with E-state index in [2.05, 4.69) is 32.5 Å². The summed E-state index contributed by atoms with van der Waals surface area (Å²) in [6, 6.07) is 10.6. The van der Waals surface area contributed by atoms with Crippen LogP contribution in [0.3, 0.4) is 0 Å². The summed E-state index contributed by atoms with van der Waals surface area (Å²) in [5, 5.41) is 7.70. The Balaban J connectivity index is 1.07. The van der Waals surface area contributed by atoms with Crippen LogP contribution < -0.4 is 15.0 Å². The van der Waals surface area contributed by atoms with Crippen molar-refractivity contribution in [3.8, 4) is 5.75 Å². The molecule has 11 heteroatoms. The molecular formula is C26H31F3N6O2. The minimum absolute atomic E-state index is 0.210. The van der Waals surface area contributed by atoms with Gasteiger partial charge in [-0.15, -0.1) is 0 Å². The van der Waals surface area contributed by atoms with Gasteiger partial charge >= 0.3 is 6.18 Å². The van der Waals surface area contributed by atoms with Crippen LogP contribution in [0.15, 0.2) is 47.1 Å². The van der Waals surface area contributed by atoms with Gasteiger partial charge in [0.2, 0.25) is 5.89 Å². The molecule has 1 aliphatic carbocycles. The number of piperazine rings is 1. The first kappa shape index (κ1) is 25.5. The molecule has 0 spiro atoms. The van der Waals surface area contributed by atoms with Crippen LogP contribution in [0.5, 0.6) is 5.75 Å². The van der Waals surface area contributed by atoms with Gasteiger partial charge in [0.1, 0.15) is 11.6 Å². The Bertz CT molecular complexity index is 1170. The number of pyridine rings is 1. The van der Waals surface area contributed by atoms with Crippen molar-refractivity contribution in [1.29, 1.82) is 0 Å². The van der Waals surface area contributed by atoms with Gasteiger partial charge in [-0.3, -0.25) is 4.90 Å². The Kier molecular flexibility index (Phi) is 7.34. The predicted molar refractivity (Wildman–Crippen MR) is 132 cm³/mol. The lowest BCUT2D eigenvalue weighted by atomic mass is 9.64. The smallest absolute Gasteiger partial charge is 0.417 e. The first-order chi connectivity index (χ1) is 17.9. The maximum Gasteiger partial charge on any atom is 0.417 e. The van der Waals surface area contributed by atoms with Gasteiger partial charge in [0, 0.05) is 45.5 Å². The number of benzene rings is 1. The fourth-order valence-corrected chi connectivity index (χ4v) is 4.99. The van der Waals surface area contributed by atoms with Crippen LogP contribution in [-0.2, 0) is 18.1 Å². The fraction of sp³-hybridized carbons (Fsp3) is 0.500. The Morgan fingerprint density at radius 3 is 2.57 bits per heavy atom. The normalized spacial score (nSPS) is 18.0. The highest BCUT2D eigenvalue weighted by Gasteiger charge is 2.44. The maximum atomic E-state index is 12.8. The van der Waals surface area contributed by atoms with Gasteiger partial charge in [-0.1, -0.05) is 23.7 Å². The molecule has 198 valence electrons. The zero-order valence-electron chi connectivity index (χ0n) is 20.8. The highest BCUT2D eigenvalue weighted by atomic mass is 19.4. The standard InChI is InChI=1S/C26H31F3N6O2/c1-36-21-5-2-4-19(16-21)25(8-3-9-25)24-32-23(37-33-24)18-30-10-11-34-12-14-35(15-13-34)22-7-6-20(17-31-22)26(27,28)29/h2,4-7,16-17,30H,3,8-15,18H2,1H3. The lowest BCUT2D eigenvalue weighted by Gasteiger charge is -2.39. The summed E-state index contributed by atoms with van der Waals surface area (Å²) < 4.78 is 49.2. The number of nitrogens with zero attached hydrogens (tertiary/aromatic N) is 5. The summed E-state index contributed by atoms with van der Waals surface area (Å²) in [4.78, 5) is 13.0. The van der Waals surface area contributed by atoms with Crippen molar-refractivity contribution in [1.82, 2.24) is 25.3 Å². The van der Waals surface area contributed by atoms with Crippen LogP contribution in [0.25, 0.3) is 0 Å². The third-order valence-corrected chi connectivity index (χ3v) is 7.38. The molecule has 8 nitrogen and oxygen atoms in total. The van der Waals surface area contributed by atoms with Crippen molar-refractivity contribution in [2.24, 2.45) is 0 Å². The molecule has 2 aliphatic rings. The van der Waals surface area contributed by atoms with E-state index < -0.39 is 11.7 Å². The summed E-state index contributed by atoms with van der Waals surface area (Å²) in [7, 11) is 1.67. The van der Waals surface area contributed by atoms with E-state index >= 15 is 0 Å². The number of ether oxygens (including phenoxy) is 1. The minimum Gasteiger partial charge on any atom is -0.497 e. The Labute approximate surface area is 213 Å². The third-order valence-electron chi connectivity index (χ3n) is 7.38. The van der Waals surface area contributed by atoms with Crippen molar-refractivity contribution in [3.05, 3.63) is 65.4 Å². The van der Waals surface area contributed by atoms with Crippen LogP contribution >= 0.6 is 0 Å². The number of aromatic nitrogens is 3. The minimum atomic E-state index is -4.37. The van der Waals surface area contributed by atoms with Crippen LogP contribution in [0.2, 0.25) is 0 Å².